The van der Waals surface area contributed by atoms with Crippen LogP contribution in [-0.2, 0) is 6.42 Å². The molecule has 0 spiro atoms. The second-order valence-corrected chi connectivity index (χ2v) is 3.95. The Kier molecular flexibility index (Phi) is 4.22. The van der Waals surface area contributed by atoms with E-state index in [0.717, 1.165) is 23.3 Å². The second kappa shape index (κ2) is 6.09. The highest BCUT2D eigenvalue weighted by Crippen LogP contribution is 2.19. The van der Waals surface area contributed by atoms with E-state index in [0.29, 0.717) is 0 Å². The van der Waals surface area contributed by atoms with Crippen LogP contribution in [0.1, 0.15) is 17.2 Å². The number of rotatable bonds is 5. The first-order valence-corrected chi connectivity index (χ1v) is 5.67. The Bertz CT molecular complexity index is 489. The first kappa shape index (κ1) is 12.5. The Labute approximate surface area is 106 Å². The molecule has 1 unspecified atom stereocenters. The number of hydrogen-bond acceptors (Lipinski definition) is 5. The van der Waals surface area contributed by atoms with E-state index in [1.807, 2.05) is 24.3 Å². The largest absolute Gasteiger partial charge is 0.497 e. The second-order valence-electron chi connectivity index (χ2n) is 3.95. The van der Waals surface area contributed by atoms with Gasteiger partial charge in [-0.2, -0.15) is 0 Å². The zero-order valence-electron chi connectivity index (χ0n) is 10.2. The molecule has 1 aromatic heterocycles. The molecular formula is C13H16N4O. The Morgan fingerprint density at radius 1 is 1.33 bits per heavy atom. The number of ether oxygens (including phenoxy) is 1. The van der Waals surface area contributed by atoms with Crippen LogP contribution in [0.15, 0.2) is 43.0 Å². The van der Waals surface area contributed by atoms with Gasteiger partial charge in [-0.3, -0.25) is 11.3 Å². The predicted molar refractivity (Wildman–Crippen MR) is 68.8 cm³/mol. The molecule has 0 saturated carbocycles. The van der Waals surface area contributed by atoms with Crippen molar-refractivity contribution < 1.29 is 4.74 Å². The lowest BCUT2D eigenvalue weighted by Gasteiger charge is -2.15. The van der Waals surface area contributed by atoms with E-state index in [4.69, 9.17) is 10.6 Å². The molecule has 0 aliphatic rings. The Morgan fingerprint density at radius 2 is 2.11 bits per heavy atom. The van der Waals surface area contributed by atoms with Crippen LogP contribution in [0, 0.1) is 0 Å². The summed E-state index contributed by atoms with van der Waals surface area (Å²) in [4.78, 5) is 8.00. The minimum absolute atomic E-state index is 0.0155. The maximum absolute atomic E-state index is 5.59. The summed E-state index contributed by atoms with van der Waals surface area (Å²) in [6, 6.07) is 7.90. The molecule has 0 bridgehead atoms. The van der Waals surface area contributed by atoms with Gasteiger partial charge in [0.1, 0.15) is 12.1 Å². The molecule has 2 aromatic rings. The summed E-state index contributed by atoms with van der Waals surface area (Å²) in [5.74, 6) is 6.43. The monoisotopic (exact) mass is 244 g/mol. The van der Waals surface area contributed by atoms with Crippen LogP contribution in [0.25, 0.3) is 0 Å². The van der Waals surface area contributed by atoms with Crippen molar-refractivity contribution in [3.05, 3.63) is 54.1 Å². The lowest BCUT2D eigenvalue weighted by molar-refractivity contribution is 0.414. The third-order valence-corrected chi connectivity index (χ3v) is 2.76. The van der Waals surface area contributed by atoms with Gasteiger partial charge in [-0.1, -0.05) is 12.1 Å². The molecule has 2 rings (SSSR count). The van der Waals surface area contributed by atoms with Crippen molar-refractivity contribution in [3.8, 4) is 5.75 Å². The van der Waals surface area contributed by atoms with Crippen LogP contribution in [-0.4, -0.2) is 17.1 Å². The molecule has 0 aliphatic heterocycles. The molecule has 3 N–H and O–H groups in total. The molecule has 0 radical (unpaired) electrons. The average Bonchev–Trinajstić information content (AvgIpc) is 2.46. The van der Waals surface area contributed by atoms with Crippen molar-refractivity contribution in [2.24, 2.45) is 5.84 Å². The Balaban J connectivity index is 2.15. The van der Waals surface area contributed by atoms with Gasteiger partial charge in [0.05, 0.1) is 13.2 Å². The molecular weight excluding hydrogens is 228 g/mol. The maximum atomic E-state index is 5.59. The van der Waals surface area contributed by atoms with Crippen LogP contribution >= 0.6 is 0 Å². The molecule has 1 heterocycles. The molecule has 18 heavy (non-hydrogen) atoms. The zero-order valence-corrected chi connectivity index (χ0v) is 10.2. The normalized spacial score (nSPS) is 12.1. The zero-order chi connectivity index (χ0) is 12.8. The minimum atomic E-state index is -0.0155. The third-order valence-electron chi connectivity index (χ3n) is 2.76. The van der Waals surface area contributed by atoms with Crippen molar-refractivity contribution in [2.45, 2.75) is 12.5 Å². The van der Waals surface area contributed by atoms with E-state index in [-0.39, 0.29) is 6.04 Å². The summed E-state index contributed by atoms with van der Waals surface area (Å²) in [6.45, 7) is 0. The van der Waals surface area contributed by atoms with E-state index < -0.39 is 0 Å². The summed E-state index contributed by atoms with van der Waals surface area (Å²) in [5.41, 5.74) is 4.88. The standard InChI is InChI=1S/C13H16N4O/c1-18-12-4-2-3-10(5-12)6-13(17-14)11-7-15-9-16-8-11/h2-5,7-9,13,17H,6,14H2,1H3. The van der Waals surface area contributed by atoms with Crippen LogP contribution < -0.4 is 16.0 Å². The Hall–Kier alpha value is -1.98. The molecule has 0 saturated heterocycles. The summed E-state index contributed by atoms with van der Waals surface area (Å²) in [7, 11) is 1.66. The highest BCUT2D eigenvalue weighted by Gasteiger charge is 2.11. The number of nitrogens with zero attached hydrogens (tertiary/aromatic N) is 2. The maximum Gasteiger partial charge on any atom is 0.119 e. The average molecular weight is 244 g/mol. The van der Waals surface area contributed by atoms with E-state index in [9.17, 15) is 0 Å². The SMILES string of the molecule is COc1cccc(CC(NN)c2cncnc2)c1. The molecule has 1 aromatic carbocycles. The fraction of sp³-hybridized carbons (Fsp3) is 0.231. The third kappa shape index (κ3) is 3.03. The lowest BCUT2D eigenvalue weighted by Crippen LogP contribution is -2.29. The van der Waals surface area contributed by atoms with Gasteiger partial charge < -0.3 is 4.74 Å². The summed E-state index contributed by atoms with van der Waals surface area (Å²) < 4.78 is 5.20. The van der Waals surface area contributed by atoms with Gasteiger partial charge in [-0.15, -0.1) is 0 Å². The molecule has 94 valence electrons. The molecule has 1 atom stereocenters. The smallest absolute Gasteiger partial charge is 0.119 e. The summed E-state index contributed by atoms with van der Waals surface area (Å²) in [5, 5.41) is 0. The number of hydrogen-bond donors (Lipinski definition) is 2. The lowest BCUT2D eigenvalue weighted by atomic mass is 10.0. The van der Waals surface area contributed by atoms with Gasteiger partial charge >= 0.3 is 0 Å². The number of nitrogens with one attached hydrogen (secondary N) is 1. The van der Waals surface area contributed by atoms with Gasteiger partial charge in [-0.05, 0) is 24.1 Å². The first-order valence-electron chi connectivity index (χ1n) is 5.67. The molecule has 5 nitrogen and oxygen atoms in total. The van der Waals surface area contributed by atoms with Crippen molar-refractivity contribution in [1.82, 2.24) is 15.4 Å². The molecule has 5 heteroatoms. The van der Waals surface area contributed by atoms with E-state index >= 15 is 0 Å². The van der Waals surface area contributed by atoms with Gasteiger partial charge in [0.25, 0.3) is 0 Å². The number of aromatic nitrogens is 2. The fourth-order valence-electron chi connectivity index (χ4n) is 1.80. The number of nitrogens with two attached hydrogens (primary N) is 1. The Morgan fingerprint density at radius 3 is 2.78 bits per heavy atom. The molecule has 0 amide bonds. The highest BCUT2D eigenvalue weighted by atomic mass is 16.5. The highest BCUT2D eigenvalue weighted by molar-refractivity contribution is 5.29. The molecule has 0 aliphatic carbocycles. The van der Waals surface area contributed by atoms with Crippen molar-refractivity contribution >= 4 is 0 Å². The van der Waals surface area contributed by atoms with Gasteiger partial charge in [-0.25, -0.2) is 9.97 Å². The van der Waals surface area contributed by atoms with Crippen LogP contribution in [0.4, 0.5) is 0 Å². The van der Waals surface area contributed by atoms with Gasteiger partial charge in [0.15, 0.2) is 0 Å². The fourth-order valence-corrected chi connectivity index (χ4v) is 1.80. The summed E-state index contributed by atoms with van der Waals surface area (Å²) >= 11 is 0. The van der Waals surface area contributed by atoms with Crippen molar-refractivity contribution in [1.29, 1.82) is 0 Å². The van der Waals surface area contributed by atoms with E-state index in [2.05, 4.69) is 15.4 Å². The predicted octanol–water partition coefficient (Wildman–Crippen LogP) is 1.23. The van der Waals surface area contributed by atoms with Crippen LogP contribution in [0.2, 0.25) is 0 Å². The summed E-state index contributed by atoms with van der Waals surface area (Å²) in [6.07, 6.45) is 5.78. The van der Waals surface area contributed by atoms with Crippen LogP contribution in [0.5, 0.6) is 5.75 Å². The van der Waals surface area contributed by atoms with Crippen LogP contribution in [0.3, 0.4) is 0 Å². The van der Waals surface area contributed by atoms with E-state index in [1.54, 1.807) is 19.5 Å². The quantitative estimate of drug-likeness (QED) is 0.611. The first-order chi connectivity index (χ1) is 8.83. The number of benzene rings is 1. The van der Waals surface area contributed by atoms with Gasteiger partial charge in [0, 0.05) is 18.0 Å². The molecule has 0 fully saturated rings. The van der Waals surface area contributed by atoms with E-state index in [1.165, 1.54) is 6.33 Å². The number of hydrazine groups is 1. The minimum Gasteiger partial charge on any atom is -0.497 e. The van der Waals surface area contributed by atoms with Crippen molar-refractivity contribution in [3.63, 3.8) is 0 Å². The number of methoxy groups -OCH3 is 1. The van der Waals surface area contributed by atoms with Gasteiger partial charge in [0.2, 0.25) is 0 Å². The topological polar surface area (TPSA) is 73.1 Å². The van der Waals surface area contributed by atoms with Crippen molar-refractivity contribution in [2.75, 3.05) is 7.11 Å².